The summed E-state index contributed by atoms with van der Waals surface area (Å²) in [7, 11) is 0. The molecule has 6 nitrogen and oxygen atoms in total. The van der Waals surface area contributed by atoms with Gasteiger partial charge < -0.3 is 9.47 Å². The first-order valence-electron chi connectivity index (χ1n) is 7.04. The molecule has 1 amide bonds. The molecule has 1 N–H and O–H groups in total. The fraction of sp³-hybridized carbons (Fsp3) is 0.400. The van der Waals surface area contributed by atoms with Crippen LogP contribution in [0.4, 0.5) is 5.13 Å². The lowest BCUT2D eigenvalue weighted by Crippen LogP contribution is -2.14. The van der Waals surface area contributed by atoms with Crippen LogP contribution in [0.3, 0.4) is 0 Å². The molecule has 0 bridgehead atoms. The Bertz CT molecular complexity index is 712. The normalized spacial score (nSPS) is 13.2. The van der Waals surface area contributed by atoms with Gasteiger partial charge >= 0.3 is 0 Å². The van der Waals surface area contributed by atoms with Gasteiger partial charge in [-0.2, -0.15) is 0 Å². The second-order valence-electron chi connectivity index (χ2n) is 5.67. The molecule has 1 aliphatic rings. The van der Waals surface area contributed by atoms with E-state index in [2.05, 4.69) is 36.3 Å². The third-order valence-corrected chi connectivity index (χ3v) is 4.95. The van der Waals surface area contributed by atoms with Gasteiger partial charge in [-0.3, -0.25) is 10.1 Å². The summed E-state index contributed by atoms with van der Waals surface area (Å²) in [6.45, 7) is 6.51. The van der Waals surface area contributed by atoms with Crippen LogP contribution in [0.5, 0.6) is 11.5 Å². The molecular formula is C15H17N3O3S. The Morgan fingerprint density at radius 1 is 1.32 bits per heavy atom. The topological polar surface area (TPSA) is 73.3 Å². The van der Waals surface area contributed by atoms with Crippen molar-refractivity contribution < 1.29 is 14.3 Å². The van der Waals surface area contributed by atoms with Crippen molar-refractivity contribution in [1.29, 1.82) is 0 Å². The Labute approximate surface area is 132 Å². The average Bonchev–Trinajstić information content (AvgIpc) is 3.15. The molecule has 0 atom stereocenters. The lowest BCUT2D eigenvalue weighted by molar-refractivity contribution is 0.102. The summed E-state index contributed by atoms with van der Waals surface area (Å²) in [5.41, 5.74) is 0.454. The SMILES string of the molecule is CCC(C)(C)c1nnc(NC(=O)c2ccc3c(c2)OCO3)s1. The van der Waals surface area contributed by atoms with Gasteiger partial charge in [0.05, 0.1) is 0 Å². The van der Waals surface area contributed by atoms with Crippen molar-refractivity contribution in [2.24, 2.45) is 0 Å². The van der Waals surface area contributed by atoms with Crippen molar-refractivity contribution in [3.63, 3.8) is 0 Å². The number of hydrogen-bond donors (Lipinski definition) is 1. The minimum atomic E-state index is -0.240. The molecule has 0 saturated carbocycles. The Morgan fingerprint density at radius 3 is 2.86 bits per heavy atom. The number of carbonyl (C=O) groups is 1. The first kappa shape index (κ1) is 14.8. The molecule has 2 heterocycles. The van der Waals surface area contributed by atoms with Crippen molar-refractivity contribution in [2.75, 3.05) is 12.1 Å². The van der Waals surface area contributed by atoms with Crippen LogP contribution < -0.4 is 14.8 Å². The van der Waals surface area contributed by atoms with Crippen molar-refractivity contribution in [3.8, 4) is 11.5 Å². The van der Waals surface area contributed by atoms with Crippen LogP contribution >= 0.6 is 11.3 Å². The second kappa shape index (κ2) is 5.57. The predicted molar refractivity (Wildman–Crippen MR) is 83.7 cm³/mol. The molecule has 0 spiro atoms. The van der Waals surface area contributed by atoms with Crippen LogP contribution in [-0.2, 0) is 5.41 Å². The van der Waals surface area contributed by atoms with Crippen molar-refractivity contribution in [3.05, 3.63) is 28.8 Å². The largest absolute Gasteiger partial charge is 0.454 e. The second-order valence-corrected chi connectivity index (χ2v) is 6.65. The predicted octanol–water partition coefficient (Wildman–Crippen LogP) is 3.21. The maximum Gasteiger partial charge on any atom is 0.257 e. The molecule has 1 aromatic heterocycles. The van der Waals surface area contributed by atoms with Gasteiger partial charge in [0, 0.05) is 11.0 Å². The van der Waals surface area contributed by atoms with Crippen molar-refractivity contribution in [2.45, 2.75) is 32.6 Å². The molecule has 22 heavy (non-hydrogen) atoms. The number of nitrogens with one attached hydrogen (secondary N) is 1. The summed E-state index contributed by atoms with van der Waals surface area (Å²) < 4.78 is 10.5. The fourth-order valence-corrected chi connectivity index (χ4v) is 2.82. The Hall–Kier alpha value is -2.15. The number of ether oxygens (including phenoxy) is 2. The van der Waals surface area contributed by atoms with E-state index in [1.54, 1.807) is 18.2 Å². The zero-order valence-electron chi connectivity index (χ0n) is 12.7. The monoisotopic (exact) mass is 319 g/mol. The van der Waals surface area contributed by atoms with Gasteiger partial charge in [-0.05, 0) is 24.6 Å². The molecule has 1 aromatic carbocycles. The van der Waals surface area contributed by atoms with E-state index >= 15 is 0 Å². The Kier molecular flexibility index (Phi) is 3.74. The number of anilines is 1. The minimum absolute atomic E-state index is 0.0423. The van der Waals surface area contributed by atoms with E-state index in [0.717, 1.165) is 11.4 Å². The zero-order chi connectivity index (χ0) is 15.7. The van der Waals surface area contributed by atoms with Gasteiger partial charge in [0.25, 0.3) is 5.91 Å². The number of benzene rings is 1. The molecule has 0 unspecified atom stereocenters. The highest BCUT2D eigenvalue weighted by Crippen LogP contribution is 2.33. The molecule has 2 aromatic rings. The number of hydrogen-bond acceptors (Lipinski definition) is 6. The molecule has 0 fully saturated rings. The summed E-state index contributed by atoms with van der Waals surface area (Å²) in [6, 6.07) is 5.08. The Morgan fingerprint density at radius 2 is 2.09 bits per heavy atom. The van der Waals surface area contributed by atoms with Crippen LogP contribution in [0.25, 0.3) is 0 Å². The molecule has 0 radical (unpaired) electrons. The number of rotatable bonds is 4. The summed E-state index contributed by atoms with van der Waals surface area (Å²) >= 11 is 1.40. The minimum Gasteiger partial charge on any atom is -0.454 e. The summed E-state index contributed by atoms with van der Waals surface area (Å²) in [4.78, 5) is 12.3. The quantitative estimate of drug-likeness (QED) is 0.936. The lowest BCUT2D eigenvalue weighted by atomic mass is 9.91. The van der Waals surface area contributed by atoms with Gasteiger partial charge in [0.2, 0.25) is 11.9 Å². The first-order chi connectivity index (χ1) is 10.5. The Balaban J connectivity index is 1.75. The first-order valence-corrected chi connectivity index (χ1v) is 7.86. The number of nitrogens with zero attached hydrogens (tertiary/aromatic N) is 2. The highest BCUT2D eigenvalue weighted by atomic mass is 32.1. The van der Waals surface area contributed by atoms with E-state index < -0.39 is 0 Å². The molecule has 0 saturated heterocycles. The summed E-state index contributed by atoms with van der Waals surface area (Å²) in [5.74, 6) is 0.993. The van der Waals surface area contributed by atoms with Crippen LogP contribution in [0, 0.1) is 0 Å². The van der Waals surface area contributed by atoms with E-state index in [1.807, 2.05) is 0 Å². The van der Waals surface area contributed by atoms with Gasteiger partial charge in [0.1, 0.15) is 5.01 Å². The van der Waals surface area contributed by atoms with Crippen LogP contribution in [0.1, 0.15) is 42.6 Å². The van der Waals surface area contributed by atoms with Crippen molar-refractivity contribution in [1.82, 2.24) is 10.2 Å². The van der Waals surface area contributed by atoms with E-state index in [4.69, 9.17) is 9.47 Å². The van der Waals surface area contributed by atoms with E-state index in [-0.39, 0.29) is 18.1 Å². The summed E-state index contributed by atoms with van der Waals surface area (Å²) in [5, 5.41) is 12.4. The molecular weight excluding hydrogens is 302 g/mol. The molecule has 116 valence electrons. The number of carbonyl (C=O) groups excluding carboxylic acids is 1. The van der Waals surface area contributed by atoms with E-state index in [0.29, 0.717) is 22.2 Å². The van der Waals surface area contributed by atoms with E-state index in [1.165, 1.54) is 11.3 Å². The maximum atomic E-state index is 12.3. The molecule has 3 rings (SSSR count). The highest BCUT2D eigenvalue weighted by Gasteiger charge is 2.24. The van der Waals surface area contributed by atoms with Crippen LogP contribution in [0.15, 0.2) is 18.2 Å². The highest BCUT2D eigenvalue weighted by molar-refractivity contribution is 7.15. The standard InChI is InChI=1S/C15H17N3O3S/c1-4-15(2,3)13-17-18-14(22-13)16-12(19)9-5-6-10-11(7-9)21-8-20-10/h5-7H,4,8H2,1-3H3,(H,16,18,19). The molecule has 1 aliphatic heterocycles. The average molecular weight is 319 g/mol. The number of amides is 1. The van der Waals surface area contributed by atoms with E-state index in [9.17, 15) is 4.79 Å². The van der Waals surface area contributed by atoms with Crippen molar-refractivity contribution >= 4 is 22.4 Å². The lowest BCUT2D eigenvalue weighted by Gasteiger charge is -2.17. The van der Waals surface area contributed by atoms with Crippen LogP contribution in [-0.4, -0.2) is 22.9 Å². The molecule has 7 heteroatoms. The van der Waals surface area contributed by atoms with Gasteiger partial charge in [-0.15, -0.1) is 10.2 Å². The van der Waals surface area contributed by atoms with Gasteiger partial charge in [0.15, 0.2) is 11.5 Å². The maximum absolute atomic E-state index is 12.3. The third-order valence-electron chi connectivity index (χ3n) is 3.74. The number of fused-ring (bicyclic) bond motifs is 1. The van der Waals surface area contributed by atoms with Gasteiger partial charge in [-0.25, -0.2) is 0 Å². The fourth-order valence-electron chi connectivity index (χ4n) is 1.91. The zero-order valence-corrected chi connectivity index (χ0v) is 13.5. The van der Waals surface area contributed by atoms with Crippen LogP contribution in [0.2, 0.25) is 0 Å². The smallest absolute Gasteiger partial charge is 0.257 e. The molecule has 0 aliphatic carbocycles. The number of aromatic nitrogens is 2. The summed E-state index contributed by atoms with van der Waals surface area (Å²) in [6.07, 6.45) is 0.956. The third kappa shape index (κ3) is 2.76. The van der Waals surface area contributed by atoms with Gasteiger partial charge in [-0.1, -0.05) is 32.1 Å².